The SMILES string of the molecule is O=C(O)c1ccc2c(c1)C(=O)OC2=O.[Si]. The molecule has 0 spiro atoms. The number of hydrogen-bond donors (Lipinski definition) is 1. The molecule has 0 saturated heterocycles. The molecule has 1 aliphatic heterocycles. The second-order valence-electron chi connectivity index (χ2n) is 2.74. The largest absolute Gasteiger partial charge is 0.478 e. The van der Waals surface area contributed by atoms with Crippen molar-refractivity contribution in [3.8, 4) is 0 Å². The molecule has 5 nitrogen and oxygen atoms in total. The number of rotatable bonds is 1. The normalized spacial score (nSPS) is 12.8. The van der Waals surface area contributed by atoms with Gasteiger partial charge in [0.25, 0.3) is 0 Å². The molecule has 1 aromatic rings. The molecule has 1 N–H and O–H groups in total. The quantitative estimate of drug-likeness (QED) is 0.418. The van der Waals surface area contributed by atoms with Gasteiger partial charge in [-0.05, 0) is 18.2 Å². The molecule has 0 unspecified atom stereocenters. The highest BCUT2D eigenvalue weighted by molar-refractivity contribution is 6.15. The summed E-state index contributed by atoms with van der Waals surface area (Å²) in [5.41, 5.74) is 0.0744. The van der Waals surface area contributed by atoms with Gasteiger partial charge in [0.05, 0.1) is 16.7 Å². The number of benzene rings is 1. The lowest BCUT2D eigenvalue weighted by Gasteiger charge is -1.94. The molecule has 0 atom stereocenters. The predicted octanol–water partition coefficient (Wildman–Crippen LogP) is 0.315. The van der Waals surface area contributed by atoms with Crippen molar-refractivity contribution in [2.24, 2.45) is 0 Å². The van der Waals surface area contributed by atoms with Crippen LogP contribution in [-0.4, -0.2) is 34.0 Å². The Hall–Kier alpha value is -1.95. The molecule has 1 aromatic carbocycles. The second-order valence-corrected chi connectivity index (χ2v) is 2.74. The summed E-state index contributed by atoms with van der Waals surface area (Å²) in [7, 11) is 0. The van der Waals surface area contributed by atoms with Gasteiger partial charge < -0.3 is 9.84 Å². The third-order valence-corrected chi connectivity index (χ3v) is 1.89. The number of carboxylic acids is 1. The van der Waals surface area contributed by atoms with Crippen LogP contribution in [0.1, 0.15) is 31.1 Å². The summed E-state index contributed by atoms with van der Waals surface area (Å²) < 4.78 is 4.30. The Morgan fingerprint density at radius 1 is 1.13 bits per heavy atom. The molecule has 0 aromatic heterocycles. The van der Waals surface area contributed by atoms with Crippen LogP contribution in [0.2, 0.25) is 0 Å². The summed E-state index contributed by atoms with van der Waals surface area (Å²) in [4.78, 5) is 32.5. The van der Waals surface area contributed by atoms with Gasteiger partial charge in [-0.3, -0.25) is 0 Å². The molecule has 15 heavy (non-hydrogen) atoms. The van der Waals surface area contributed by atoms with Gasteiger partial charge in [-0.15, -0.1) is 0 Å². The van der Waals surface area contributed by atoms with Crippen molar-refractivity contribution in [3.05, 3.63) is 34.9 Å². The Labute approximate surface area is 88.7 Å². The molecule has 1 aliphatic rings. The molecular formula is C9H4O5Si. The van der Waals surface area contributed by atoms with E-state index in [1.54, 1.807) is 0 Å². The van der Waals surface area contributed by atoms with E-state index in [2.05, 4.69) is 4.74 Å². The highest BCUT2D eigenvalue weighted by Crippen LogP contribution is 2.20. The number of carboxylic acid groups (broad SMARTS) is 1. The van der Waals surface area contributed by atoms with Crippen LogP contribution < -0.4 is 0 Å². The zero-order valence-electron chi connectivity index (χ0n) is 7.31. The zero-order chi connectivity index (χ0) is 10.3. The highest BCUT2D eigenvalue weighted by atomic mass is 28.1. The van der Waals surface area contributed by atoms with Crippen LogP contribution >= 0.6 is 0 Å². The smallest absolute Gasteiger partial charge is 0.346 e. The number of ether oxygens (including phenoxy) is 1. The highest BCUT2D eigenvalue weighted by Gasteiger charge is 2.30. The minimum Gasteiger partial charge on any atom is -0.478 e. The first-order chi connectivity index (χ1) is 6.59. The second kappa shape index (κ2) is 3.66. The Kier molecular flexibility index (Phi) is 2.71. The zero-order valence-corrected chi connectivity index (χ0v) is 8.31. The van der Waals surface area contributed by atoms with Gasteiger partial charge in [-0.2, -0.15) is 0 Å². The third kappa shape index (κ3) is 1.66. The Bertz CT molecular complexity index is 466. The fourth-order valence-corrected chi connectivity index (χ4v) is 1.22. The van der Waals surface area contributed by atoms with Crippen LogP contribution in [0.15, 0.2) is 18.2 Å². The van der Waals surface area contributed by atoms with Gasteiger partial charge in [-0.1, -0.05) is 0 Å². The lowest BCUT2D eigenvalue weighted by Crippen LogP contribution is -2.00. The number of aromatic carboxylic acids is 1. The fraction of sp³-hybridized carbons (Fsp3) is 0. The van der Waals surface area contributed by atoms with Crippen LogP contribution in [0.25, 0.3) is 0 Å². The average molecular weight is 220 g/mol. The number of hydrogen-bond acceptors (Lipinski definition) is 4. The van der Waals surface area contributed by atoms with Gasteiger partial charge in [0.1, 0.15) is 0 Å². The number of fused-ring (bicyclic) bond motifs is 1. The van der Waals surface area contributed by atoms with Gasteiger partial charge in [0.15, 0.2) is 0 Å². The minimum absolute atomic E-state index is 0. The average Bonchev–Trinajstić information content (AvgIpc) is 2.42. The first-order valence-electron chi connectivity index (χ1n) is 3.73. The van der Waals surface area contributed by atoms with Crippen molar-refractivity contribution in [2.45, 2.75) is 0 Å². The van der Waals surface area contributed by atoms with Gasteiger partial charge in [0.2, 0.25) is 0 Å². The van der Waals surface area contributed by atoms with Gasteiger partial charge in [0, 0.05) is 11.0 Å². The maximum absolute atomic E-state index is 11.0. The molecule has 0 saturated carbocycles. The van der Waals surface area contributed by atoms with Crippen molar-refractivity contribution in [3.63, 3.8) is 0 Å². The summed E-state index contributed by atoms with van der Waals surface area (Å²) >= 11 is 0. The number of carbonyl (C=O) groups excluding carboxylic acids is 2. The summed E-state index contributed by atoms with van der Waals surface area (Å²) in [5, 5.41) is 8.63. The first-order valence-corrected chi connectivity index (χ1v) is 3.73. The molecule has 0 aliphatic carbocycles. The number of carbonyl (C=O) groups is 3. The van der Waals surface area contributed by atoms with Crippen LogP contribution in [0.5, 0.6) is 0 Å². The van der Waals surface area contributed by atoms with Crippen LogP contribution in [0.4, 0.5) is 0 Å². The topological polar surface area (TPSA) is 80.7 Å². The summed E-state index contributed by atoms with van der Waals surface area (Å²) in [6, 6.07) is 3.65. The Morgan fingerprint density at radius 2 is 1.73 bits per heavy atom. The summed E-state index contributed by atoms with van der Waals surface area (Å²) in [6.45, 7) is 0. The molecule has 1 heterocycles. The van der Waals surface area contributed by atoms with E-state index in [9.17, 15) is 14.4 Å². The van der Waals surface area contributed by atoms with E-state index in [-0.39, 0.29) is 27.7 Å². The van der Waals surface area contributed by atoms with Gasteiger partial charge in [-0.25, -0.2) is 14.4 Å². The number of cyclic esters (lactones) is 2. The third-order valence-electron chi connectivity index (χ3n) is 1.89. The van der Waals surface area contributed by atoms with Crippen molar-refractivity contribution < 1.29 is 24.2 Å². The number of esters is 2. The van der Waals surface area contributed by atoms with Crippen LogP contribution in [0.3, 0.4) is 0 Å². The maximum Gasteiger partial charge on any atom is 0.346 e. The fourth-order valence-electron chi connectivity index (χ4n) is 1.22. The predicted molar refractivity (Wildman–Crippen MR) is 48.9 cm³/mol. The van der Waals surface area contributed by atoms with Crippen molar-refractivity contribution >= 4 is 28.9 Å². The standard InChI is InChI=1S/C9H4O5.Si/c10-7(11)4-1-2-5-6(3-4)9(13)14-8(5)12;/h1-3H,(H,10,11);. The van der Waals surface area contributed by atoms with Crippen LogP contribution in [0, 0.1) is 0 Å². The van der Waals surface area contributed by atoms with E-state index in [1.807, 2.05) is 0 Å². The van der Waals surface area contributed by atoms with Crippen molar-refractivity contribution in [2.75, 3.05) is 0 Å². The molecule has 6 heteroatoms. The lowest BCUT2D eigenvalue weighted by molar-refractivity contribution is 0.0443. The monoisotopic (exact) mass is 220 g/mol. The summed E-state index contributed by atoms with van der Waals surface area (Å²) in [5.74, 6) is -2.69. The van der Waals surface area contributed by atoms with E-state index >= 15 is 0 Å². The van der Waals surface area contributed by atoms with E-state index < -0.39 is 17.9 Å². The summed E-state index contributed by atoms with van der Waals surface area (Å²) in [6.07, 6.45) is 0. The van der Waals surface area contributed by atoms with Crippen LogP contribution in [-0.2, 0) is 4.74 Å². The molecule has 0 fully saturated rings. The molecular weight excluding hydrogens is 216 g/mol. The first kappa shape index (κ1) is 11.1. The van der Waals surface area contributed by atoms with Gasteiger partial charge >= 0.3 is 17.9 Å². The Morgan fingerprint density at radius 3 is 2.33 bits per heavy atom. The van der Waals surface area contributed by atoms with E-state index in [4.69, 9.17) is 5.11 Å². The molecule has 4 radical (unpaired) electrons. The van der Waals surface area contributed by atoms with E-state index in [0.29, 0.717) is 0 Å². The van der Waals surface area contributed by atoms with Crippen molar-refractivity contribution in [1.82, 2.24) is 0 Å². The van der Waals surface area contributed by atoms with E-state index in [0.717, 1.165) is 6.07 Å². The lowest BCUT2D eigenvalue weighted by atomic mass is 10.1. The Balaban J connectivity index is 0.00000112. The molecule has 0 bridgehead atoms. The minimum atomic E-state index is -1.15. The molecule has 0 amide bonds. The molecule has 2 rings (SSSR count). The van der Waals surface area contributed by atoms with Crippen molar-refractivity contribution in [1.29, 1.82) is 0 Å². The maximum atomic E-state index is 11.0. The van der Waals surface area contributed by atoms with E-state index in [1.165, 1.54) is 12.1 Å². The molecule has 74 valence electrons.